The van der Waals surface area contributed by atoms with Crippen molar-refractivity contribution in [3.63, 3.8) is 0 Å². The number of hydrogen-bond donors (Lipinski definition) is 1. The fourth-order valence-electron chi connectivity index (χ4n) is 2.57. The van der Waals surface area contributed by atoms with Gasteiger partial charge in [0.1, 0.15) is 0 Å². The van der Waals surface area contributed by atoms with E-state index in [-0.39, 0.29) is 24.4 Å². The molecule has 0 unspecified atom stereocenters. The summed E-state index contributed by atoms with van der Waals surface area (Å²) in [6, 6.07) is 4.46. The van der Waals surface area contributed by atoms with Crippen molar-refractivity contribution in [2.75, 3.05) is 0 Å². The standard InChI is InChI=1S/C14H23N.Li.H/c1-6-14(15,7-2)13-11(4)8-10(3)9-12(13)5;;/h8-9H,6-7,15H2,1-5H3;;. The molecule has 0 spiro atoms. The Morgan fingerprint density at radius 3 is 1.69 bits per heavy atom. The first-order chi connectivity index (χ1) is 6.94. The molecule has 2 N–H and O–H groups in total. The van der Waals surface area contributed by atoms with Gasteiger partial charge in [-0.2, -0.15) is 0 Å². The van der Waals surface area contributed by atoms with Crippen molar-refractivity contribution in [1.82, 2.24) is 0 Å². The molecule has 16 heavy (non-hydrogen) atoms. The van der Waals surface area contributed by atoms with Crippen molar-refractivity contribution in [1.29, 1.82) is 0 Å². The zero-order valence-corrected chi connectivity index (χ0v) is 10.6. The molecule has 0 aliphatic heterocycles. The Kier molecular flexibility index (Phi) is 5.83. The predicted molar refractivity (Wildman–Crippen MR) is 74.2 cm³/mol. The van der Waals surface area contributed by atoms with Crippen LogP contribution >= 0.6 is 0 Å². The summed E-state index contributed by atoms with van der Waals surface area (Å²) in [7, 11) is 0. The van der Waals surface area contributed by atoms with Crippen molar-refractivity contribution in [3.8, 4) is 0 Å². The summed E-state index contributed by atoms with van der Waals surface area (Å²) in [6.07, 6.45) is 1.99. The Balaban J connectivity index is 0.00000225. The van der Waals surface area contributed by atoms with E-state index in [1.54, 1.807) is 0 Å². The molecule has 0 radical (unpaired) electrons. The Labute approximate surface area is 112 Å². The van der Waals surface area contributed by atoms with Gasteiger partial charge in [0.15, 0.2) is 0 Å². The van der Waals surface area contributed by atoms with Crippen molar-refractivity contribution in [2.24, 2.45) is 5.73 Å². The fraction of sp³-hybridized carbons (Fsp3) is 0.571. The summed E-state index contributed by atoms with van der Waals surface area (Å²) in [5, 5.41) is 0. The van der Waals surface area contributed by atoms with Crippen molar-refractivity contribution in [2.45, 2.75) is 53.0 Å². The Hall–Kier alpha value is -0.223. The predicted octanol–water partition coefficient (Wildman–Crippen LogP) is 2.94. The number of aryl methyl sites for hydroxylation is 3. The van der Waals surface area contributed by atoms with E-state index in [2.05, 4.69) is 46.8 Å². The molecule has 0 bridgehead atoms. The molecule has 0 aliphatic rings. The third kappa shape index (κ3) is 2.92. The second-order valence-electron chi connectivity index (χ2n) is 4.64. The van der Waals surface area contributed by atoms with E-state index in [4.69, 9.17) is 5.73 Å². The molecule has 0 saturated carbocycles. The maximum atomic E-state index is 6.47. The molecule has 0 aliphatic carbocycles. The van der Waals surface area contributed by atoms with E-state index in [1.165, 1.54) is 22.3 Å². The number of hydrogen-bond acceptors (Lipinski definition) is 1. The summed E-state index contributed by atoms with van der Waals surface area (Å²) in [5.74, 6) is 0. The van der Waals surface area contributed by atoms with E-state index >= 15 is 0 Å². The normalized spacial score (nSPS) is 11.1. The molecule has 0 saturated heterocycles. The molecule has 0 aromatic heterocycles. The average Bonchev–Trinajstić information content (AvgIpc) is 2.15. The SMILES string of the molecule is CCC(N)(CC)c1c(C)cc(C)cc1C.[LiH]. The number of rotatable bonds is 3. The van der Waals surface area contributed by atoms with Gasteiger partial charge in [-0.1, -0.05) is 31.5 Å². The van der Waals surface area contributed by atoms with E-state index in [9.17, 15) is 0 Å². The van der Waals surface area contributed by atoms with Crippen LogP contribution in [0.3, 0.4) is 0 Å². The van der Waals surface area contributed by atoms with Gasteiger partial charge in [0.25, 0.3) is 0 Å². The van der Waals surface area contributed by atoms with Gasteiger partial charge in [-0.05, 0) is 50.3 Å². The first kappa shape index (κ1) is 15.8. The molecule has 0 heterocycles. The third-order valence-electron chi connectivity index (χ3n) is 3.44. The molecule has 1 aromatic rings. The van der Waals surface area contributed by atoms with Crippen LogP contribution in [0.15, 0.2) is 12.1 Å². The van der Waals surface area contributed by atoms with Gasteiger partial charge in [-0.25, -0.2) is 0 Å². The molecule has 0 fully saturated rings. The van der Waals surface area contributed by atoms with Crippen LogP contribution in [-0.4, -0.2) is 18.9 Å². The van der Waals surface area contributed by atoms with Crippen molar-refractivity contribution in [3.05, 3.63) is 34.4 Å². The number of nitrogens with two attached hydrogens (primary N) is 1. The zero-order chi connectivity index (χ0) is 11.6. The van der Waals surface area contributed by atoms with Gasteiger partial charge >= 0.3 is 18.9 Å². The minimum atomic E-state index is -0.151. The minimum absolute atomic E-state index is 0. The quantitative estimate of drug-likeness (QED) is 0.767. The van der Waals surface area contributed by atoms with Crippen LogP contribution in [-0.2, 0) is 5.54 Å². The van der Waals surface area contributed by atoms with Crippen LogP contribution < -0.4 is 5.73 Å². The second kappa shape index (κ2) is 5.91. The average molecular weight is 213 g/mol. The second-order valence-corrected chi connectivity index (χ2v) is 4.64. The van der Waals surface area contributed by atoms with Gasteiger partial charge < -0.3 is 5.73 Å². The molecular weight excluding hydrogens is 189 g/mol. The molecule has 2 heteroatoms. The summed E-state index contributed by atoms with van der Waals surface area (Å²) in [6.45, 7) is 10.8. The third-order valence-corrected chi connectivity index (χ3v) is 3.44. The Morgan fingerprint density at radius 1 is 1.00 bits per heavy atom. The van der Waals surface area contributed by atoms with E-state index in [1.807, 2.05) is 0 Å². The molecule has 1 aromatic carbocycles. The summed E-state index contributed by atoms with van der Waals surface area (Å²) >= 11 is 0. The zero-order valence-electron chi connectivity index (χ0n) is 10.6. The van der Waals surface area contributed by atoms with E-state index in [0.29, 0.717) is 0 Å². The molecule has 1 nitrogen and oxygen atoms in total. The summed E-state index contributed by atoms with van der Waals surface area (Å²) < 4.78 is 0. The molecular formula is C14H24LiN. The van der Waals surface area contributed by atoms with Crippen LogP contribution in [0, 0.1) is 20.8 Å². The van der Waals surface area contributed by atoms with E-state index in [0.717, 1.165) is 12.8 Å². The maximum absolute atomic E-state index is 6.47. The summed E-state index contributed by atoms with van der Waals surface area (Å²) in [4.78, 5) is 0. The van der Waals surface area contributed by atoms with Crippen LogP contribution in [0.4, 0.5) is 0 Å². The van der Waals surface area contributed by atoms with Crippen LogP contribution in [0.25, 0.3) is 0 Å². The van der Waals surface area contributed by atoms with Crippen molar-refractivity contribution >= 4 is 18.9 Å². The van der Waals surface area contributed by atoms with Crippen molar-refractivity contribution < 1.29 is 0 Å². The van der Waals surface area contributed by atoms with Gasteiger partial charge in [0.05, 0.1) is 0 Å². The van der Waals surface area contributed by atoms with Crippen LogP contribution in [0.1, 0.15) is 48.9 Å². The van der Waals surface area contributed by atoms with E-state index < -0.39 is 0 Å². The molecule has 1 rings (SSSR count). The first-order valence-electron chi connectivity index (χ1n) is 5.81. The summed E-state index contributed by atoms with van der Waals surface area (Å²) in [5.41, 5.74) is 11.7. The Morgan fingerprint density at radius 2 is 1.38 bits per heavy atom. The van der Waals surface area contributed by atoms with Gasteiger partial charge in [-0.15, -0.1) is 0 Å². The van der Waals surface area contributed by atoms with Gasteiger partial charge in [0, 0.05) is 5.54 Å². The topological polar surface area (TPSA) is 26.0 Å². The van der Waals surface area contributed by atoms with Gasteiger partial charge in [-0.3, -0.25) is 0 Å². The molecule has 0 atom stereocenters. The number of benzene rings is 1. The van der Waals surface area contributed by atoms with Crippen LogP contribution in [0.5, 0.6) is 0 Å². The fourth-order valence-corrected chi connectivity index (χ4v) is 2.57. The first-order valence-corrected chi connectivity index (χ1v) is 5.81. The van der Waals surface area contributed by atoms with Crippen LogP contribution in [0.2, 0.25) is 0 Å². The Bertz CT molecular complexity index is 331. The van der Waals surface area contributed by atoms with Gasteiger partial charge in [0.2, 0.25) is 0 Å². The molecule has 0 amide bonds. The molecule has 86 valence electrons. The monoisotopic (exact) mass is 213 g/mol.